The fourth-order valence-corrected chi connectivity index (χ4v) is 1.99. The Kier molecular flexibility index (Phi) is 3.71. The molecule has 1 atom stereocenters. The first kappa shape index (κ1) is 11.0. The van der Waals surface area contributed by atoms with E-state index in [0.717, 1.165) is 13.1 Å². The summed E-state index contributed by atoms with van der Waals surface area (Å²) in [6.45, 7) is 6.69. The van der Waals surface area contributed by atoms with Crippen molar-refractivity contribution in [2.75, 3.05) is 19.6 Å². The highest BCUT2D eigenvalue weighted by Gasteiger charge is 2.30. The van der Waals surface area contributed by atoms with Crippen LogP contribution >= 0.6 is 0 Å². The highest BCUT2D eigenvalue weighted by atomic mass is 16.3. The van der Waals surface area contributed by atoms with Gasteiger partial charge in [0.05, 0.1) is 6.10 Å². The fourth-order valence-electron chi connectivity index (χ4n) is 1.99. The lowest BCUT2D eigenvalue weighted by atomic mass is 9.90. The van der Waals surface area contributed by atoms with Crippen LogP contribution in [-0.4, -0.2) is 41.3 Å². The van der Waals surface area contributed by atoms with Crippen LogP contribution < -0.4 is 5.73 Å². The molecule has 0 bridgehead atoms. The average molecular weight is 186 g/mol. The second-order valence-corrected chi connectivity index (χ2v) is 4.61. The molecule has 0 saturated carbocycles. The predicted molar refractivity (Wildman–Crippen MR) is 54.6 cm³/mol. The maximum atomic E-state index is 9.48. The molecule has 78 valence electrons. The first-order valence-electron chi connectivity index (χ1n) is 5.19. The summed E-state index contributed by atoms with van der Waals surface area (Å²) in [4.78, 5) is 2.36. The van der Waals surface area contributed by atoms with Crippen molar-refractivity contribution in [3.8, 4) is 0 Å². The quantitative estimate of drug-likeness (QED) is 0.677. The molecule has 3 N–H and O–H groups in total. The molecule has 0 aromatic carbocycles. The van der Waals surface area contributed by atoms with E-state index in [2.05, 4.69) is 18.7 Å². The van der Waals surface area contributed by atoms with Gasteiger partial charge in [0, 0.05) is 18.6 Å². The van der Waals surface area contributed by atoms with E-state index >= 15 is 0 Å². The van der Waals surface area contributed by atoms with E-state index in [4.69, 9.17) is 5.73 Å². The Hall–Kier alpha value is -0.120. The van der Waals surface area contributed by atoms with Crippen molar-refractivity contribution >= 4 is 0 Å². The number of aliphatic hydroxyl groups excluding tert-OH is 1. The van der Waals surface area contributed by atoms with Gasteiger partial charge in [0.25, 0.3) is 0 Å². The van der Waals surface area contributed by atoms with E-state index in [1.165, 1.54) is 19.3 Å². The molecule has 0 aromatic heterocycles. The smallest absolute Gasteiger partial charge is 0.0789 e. The summed E-state index contributed by atoms with van der Waals surface area (Å²) in [5, 5.41) is 9.48. The number of rotatable bonds is 3. The van der Waals surface area contributed by atoms with E-state index in [-0.39, 0.29) is 11.6 Å². The maximum absolute atomic E-state index is 9.48. The lowest BCUT2D eigenvalue weighted by Gasteiger charge is -2.43. The van der Waals surface area contributed by atoms with Crippen molar-refractivity contribution in [3.05, 3.63) is 0 Å². The minimum absolute atomic E-state index is 0.244. The zero-order valence-electron chi connectivity index (χ0n) is 8.79. The van der Waals surface area contributed by atoms with Gasteiger partial charge < -0.3 is 10.8 Å². The van der Waals surface area contributed by atoms with Crippen LogP contribution in [0, 0.1) is 0 Å². The van der Waals surface area contributed by atoms with Gasteiger partial charge >= 0.3 is 0 Å². The summed E-state index contributed by atoms with van der Waals surface area (Å²) >= 11 is 0. The Morgan fingerprint density at radius 3 is 2.69 bits per heavy atom. The third-order valence-electron chi connectivity index (χ3n) is 3.03. The van der Waals surface area contributed by atoms with Gasteiger partial charge in [-0.2, -0.15) is 0 Å². The molecule has 0 aliphatic carbocycles. The molecule has 1 fully saturated rings. The van der Waals surface area contributed by atoms with Crippen LogP contribution in [-0.2, 0) is 0 Å². The molecule has 3 heteroatoms. The van der Waals surface area contributed by atoms with Crippen LogP contribution in [0.1, 0.15) is 33.1 Å². The van der Waals surface area contributed by atoms with Gasteiger partial charge in [0.1, 0.15) is 0 Å². The number of likely N-dealkylation sites (tertiary alicyclic amines) is 1. The number of nitrogens with zero attached hydrogens (tertiary/aromatic N) is 1. The van der Waals surface area contributed by atoms with Gasteiger partial charge in [-0.15, -0.1) is 0 Å². The lowest BCUT2D eigenvalue weighted by Crippen LogP contribution is -2.51. The summed E-state index contributed by atoms with van der Waals surface area (Å²) in [6.07, 6.45) is 3.42. The summed E-state index contributed by atoms with van der Waals surface area (Å²) in [5.41, 5.74) is 5.65. The summed E-state index contributed by atoms with van der Waals surface area (Å²) in [7, 11) is 0. The van der Waals surface area contributed by atoms with Gasteiger partial charge in [0.2, 0.25) is 0 Å². The Bertz CT molecular complexity index is 159. The van der Waals surface area contributed by atoms with Crippen LogP contribution in [0.5, 0.6) is 0 Å². The van der Waals surface area contributed by atoms with Gasteiger partial charge in [-0.05, 0) is 33.2 Å². The Balaban J connectivity index is 2.46. The molecule has 0 amide bonds. The Labute approximate surface area is 80.9 Å². The largest absolute Gasteiger partial charge is 0.390 e. The van der Waals surface area contributed by atoms with Gasteiger partial charge in [-0.3, -0.25) is 4.90 Å². The van der Waals surface area contributed by atoms with Crippen molar-refractivity contribution < 1.29 is 5.11 Å². The standard InChI is InChI=1S/C10H22N2O/c1-10(2)5-3-4-6-12(10)8-9(13)7-11/h9,13H,3-8,11H2,1-2H3. The third kappa shape index (κ3) is 2.93. The van der Waals surface area contributed by atoms with E-state index in [1.807, 2.05) is 0 Å². The number of hydrogen-bond donors (Lipinski definition) is 2. The zero-order chi connectivity index (χ0) is 9.90. The van der Waals surface area contributed by atoms with Crippen molar-refractivity contribution in [2.45, 2.75) is 44.8 Å². The van der Waals surface area contributed by atoms with Crippen molar-refractivity contribution in [1.82, 2.24) is 4.90 Å². The average Bonchev–Trinajstić information content (AvgIpc) is 2.08. The number of β-amino-alcohol motifs (C(OH)–C–C–N with tert-alkyl or cyclic N) is 1. The van der Waals surface area contributed by atoms with Crippen LogP contribution in [0.15, 0.2) is 0 Å². The van der Waals surface area contributed by atoms with E-state index in [1.54, 1.807) is 0 Å². The molecule has 13 heavy (non-hydrogen) atoms. The summed E-state index contributed by atoms with van der Waals surface area (Å²) < 4.78 is 0. The van der Waals surface area contributed by atoms with Gasteiger partial charge in [-0.25, -0.2) is 0 Å². The minimum atomic E-state index is -0.364. The molecular weight excluding hydrogens is 164 g/mol. The molecule has 1 unspecified atom stereocenters. The number of hydrogen-bond acceptors (Lipinski definition) is 3. The van der Waals surface area contributed by atoms with E-state index in [0.29, 0.717) is 6.54 Å². The fraction of sp³-hybridized carbons (Fsp3) is 1.00. The molecule has 3 nitrogen and oxygen atoms in total. The molecule has 1 saturated heterocycles. The van der Waals surface area contributed by atoms with Crippen molar-refractivity contribution in [2.24, 2.45) is 5.73 Å². The molecule has 0 radical (unpaired) electrons. The highest BCUT2D eigenvalue weighted by molar-refractivity contribution is 4.86. The summed E-state index contributed by atoms with van der Waals surface area (Å²) in [5.74, 6) is 0. The monoisotopic (exact) mass is 186 g/mol. The van der Waals surface area contributed by atoms with E-state index < -0.39 is 0 Å². The first-order valence-corrected chi connectivity index (χ1v) is 5.19. The Morgan fingerprint density at radius 2 is 2.15 bits per heavy atom. The molecule has 0 spiro atoms. The van der Waals surface area contributed by atoms with E-state index in [9.17, 15) is 5.11 Å². The molecule has 1 rings (SSSR count). The van der Waals surface area contributed by atoms with Crippen molar-refractivity contribution in [1.29, 1.82) is 0 Å². The second kappa shape index (κ2) is 4.40. The molecule has 1 heterocycles. The summed E-state index contributed by atoms with van der Waals surface area (Å²) in [6, 6.07) is 0. The number of piperidine rings is 1. The topological polar surface area (TPSA) is 49.5 Å². The minimum Gasteiger partial charge on any atom is -0.390 e. The lowest BCUT2D eigenvalue weighted by molar-refractivity contribution is 0.0288. The van der Waals surface area contributed by atoms with Crippen molar-refractivity contribution in [3.63, 3.8) is 0 Å². The number of nitrogens with two attached hydrogens (primary N) is 1. The first-order chi connectivity index (χ1) is 6.06. The molecule has 1 aliphatic heterocycles. The normalized spacial score (nSPS) is 25.8. The van der Waals surface area contributed by atoms with Crippen LogP contribution in [0.3, 0.4) is 0 Å². The SMILES string of the molecule is CC1(C)CCCCN1CC(O)CN. The van der Waals surface area contributed by atoms with Gasteiger partial charge in [0.15, 0.2) is 0 Å². The van der Waals surface area contributed by atoms with Crippen LogP contribution in [0.2, 0.25) is 0 Å². The molecular formula is C10H22N2O. The van der Waals surface area contributed by atoms with Crippen LogP contribution in [0.4, 0.5) is 0 Å². The second-order valence-electron chi connectivity index (χ2n) is 4.61. The maximum Gasteiger partial charge on any atom is 0.0789 e. The predicted octanol–water partition coefficient (Wildman–Crippen LogP) is 0.571. The van der Waals surface area contributed by atoms with Crippen LogP contribution in [0.25, 0.3) is 0 Å². The number of aliphatic hydroxyl groups is 1. The zero-order valence-corrected chi connectivity index (χ0v) is 8.79. The third-order valence-corrected chi connectivity index (χ3v) is 3.03. The highest BCUT2D eigenvalue weighted by Crippen LogP contribution is 2.26. The van der Waals surface area contributed by atoms with Gasteiger partial charge in [-0.1, -0.05) is 6.42 Å². The Morgan fingerprint density at radius 1 is 1.46 bits per heavy atom. The molecule has 1 aliphatic rings. The molecule has 0 aromatic rings.